The van der Waals surface area contributed by atoms with Gasteiger partial charge in [-0.05, 0) is 42.5 Å². The first-order valence-electron chi connectivity index (χ1n) is 9.77. The Hall–Kier alpha value is -2.42. The molecule has 0 bridgehead atoms. The van der Waals surface area contributed by atoms with Gasteiger partial charge in [-0.2, -0.15) is 0 Å². The molecule has 0 saturated carbocycles. The van der Waals surface area contributed by atoms with Crippen LogP contribution >= 0.6 is 35.0 Å². The van der Waals surface area contributed by atoms with E-state index in [4.69, 9.17) is 27.9 Å². The van der Waals surface area contributed by atoms with Crippen LogP contribution in [0.25, 0.3) is 0 Å². The Bertz CT molecular complexity index is 1020. The number of halogens is 2. The number of hydrogen-bond donors (Lipinski definition) is 1. The molecule has 1 N–H and O–H groups in total. The summed E-state index contributed by atoms with van der Waals surface area (Å²) < 4.78 is 5.65. The summed E-state index contributed by atoms with van der Waals surface area (Å²) in [5, 5.41) is 8.90. The van der Waals surface area contributed by atoms with Gasteiger partial charge < -0.3 is 14.5 Å². The zero-order chi connectivity index (χ0) is 21.6. The summed E-state index contributed by atoms with van der Waals surface area (Å²) in [6.07, 6.45) is 0. The summed E-state index contributed by atoms with van der Waals surface area (Å²) in [7, 11) is 0. The predicted octanol–water partition coefficient (Wildman–Crippen LogP) is 4.13. The van der Waals surface area contributed by atoms with E-state index >= 15 is 0 Å². The zero-order valence-corrected chi connectivity index (χ0v) is 19.0. The van der Waals surface area contributed by atoms with Crippen LogP contribution in [0.2, 0.25) is 10.0 Å². The number of nitrogens with zero attached hydrogens (tertiary/aromatic N) is 4. The van der Waals surface area contributed by atoms with Gasteiger partial charge in [0.25, 0.3) is 0 Å². The highest BCUT2D eigenvalue weighted by Gasteiger charge is 2.22. The van der Waals surface area contributed by atoms with Gasteiger partial charge in [0, 0.05) is 41.9 Å². The smallest absolute Gasteiger partial charge is 0.233 e. The minimum atomic E-state index is 0.0829. The summed E-state index contributed by atoms with van der Waals surface area (Å²) in [5.74, 6) is 1.67. The monoisotopic (exact) mass is 477 g/mol. The van der Waals surface area contributed by atoms with Crippen LogP contribution in [-0.2, 0) is 11.4 Å². The number of carbonyl (C=O) groups excluding carboxylic acids is 1. The van der Waals surface area contributed by atoms with E-state index < -0.39 is 0 Å². The van der Waals surface area contributed by atoms with Crippen LogP contribution in [-0.4, -0.2) is 57.9 Å². The van der Waals surface area contributed by atoms with Crippen molar-refractivity contribution in [2.75, 3.05) is 36.8 Å². The summed E-state index contributed by atoms with van der Waals surface area (Å²) >= 11 is 13.3. The molecule has 0 spiro atoms. The van der Waals surface area contributed by atoms with E-state index in [0.29, 0.717) is 40.6 Å². The van der Waals surface area contributed by atoms with Gasteiger partial charge in [-0.25, -0.2) is 4.98 Å². The highest BCUT2D eigenvalue weighted by Crippen LogP contribution is 2.22. The molecule has 0 unspecified atom stereocenters. The lowest BCUT2D eigenvalue weighted by atomic mass is 10.2. The fourth-order valence-electron chi connectivity index (χ4n) is 3.19. The Balaban J connectivity index is 1.21. The van der Waals surface area contributed by atoms with Crippen molar-refractivity contribution in [3.63, 3.8) is 0 Å². The highest BCUT2D eigenvalue weighted by atomic mass is 35.5. The molecule has 2 heterocycles. The Kier molecular flexibility index (Phi) is 7.21. The number of hydrogen-bond acceptors (Lipinski definition) is 6. The number of aromatic nitrogens is 3. The number of benzene rings is 2. The maximum atomic E-state index is 12.6. The second-order valence-electron chi connectivity index (χ2n) is 6.94. The van der Waals surface area contributed by atoms with E-state index in [2.05, 4.69) is 20.1 Å². The van der Waals surface area contributed by atoms with Crippen LogP contribution in [0.5, 0.6) is 5.75 Å². The minimum absolute atomic E-state index is 0.0829. The van der Waals surface area contributed by atoms with Crippen molar-refractivity contribution in [2.45, 2.75) is 11.8 Å². The molecule has 10 heteroatoms. The molecule has 2 aromatic carbocycles. The van der Waals surface area contributed by atoms with E-state index in [-0.39, 0.29) is 12.5 Å². The second kappa shape index (κ2) is 10.3. The number of amides is 1. The molecule has 0 radical (unpaired) electrons. The predicted molar refractivity (Wildman–Crippen MR) is 123 cm³/mol. The van der Waals surface area contributed by atoms with E-state index in [0.717, 1.165) is 23.8 Å². The summed E-state index contributed by atoms with van der Waals surface area (Å²) in [6.45, 7) is 3.18. The second-order valence-corrected chi connectivity index (χ2v) is 8.76. The molecule has 4 rings (SSSR count). The number of ether oxygens (including phenoxy) is 1. The Morgan fingerprint density at radius 3 is 2.58 bits per heavy atom. The maximum absolute atomic E-state index is 12.6. The molecule has 1 fully saturated rings. The molecule has 1 amide bonds. The lowest BCUT2D eigenvalue weighted by Gasteiger charge is -2.36. The summed E-state index contributed by atoms with van der Waals surface area (Å²) in [4.78, 5) is 21.1. The van der Waals surface area contributed by atoms with E-state index in [9.17, 15) is 4.79 Å². The van der Waals surface area contributed by atoms with E-state index in [1.54, 1.807) is 24.3 Å². The number of anilines is 1. The Morgan fingerprint density at radius 2 is 1.84 bits per heavy atom. The molecular formula is C21H21Cl2N5O2S. The van der Waals surface area contributed by atoms with Gasteiger partial charge in [-0.3, -0.25) is 9.89 Å². The highest BCUT2D eigenvalue weighted by molar-refractivity contribution is 7.99. The molecular weight excluding hydrogens is 457 g/mol. The first kappa shape index (κ1) is 21.8. The average molecular weight is 478 g/mol. The van der Waals surface area contributed by atoms with Gasteiger partial charge >= 0.3 is 0 Å². The number of carbonyl (C=O) groups is 1. The topological polar surface area (TPSA) is 74.3 Å². The van der Waals surface area contributed by atoms with Crippen LogP contribution in [0.15, 0.2) is 53.7 Å². The Morgan fingerprint density at radius 1 is 1.06 bits per heavy atom. The molecule has 31 heavy (non-hydrogen) atoms. The minimum Gasteiger partial charge on any atom is -0.486 e. The molecule has 1 saturated heterocycles. The van der Waals surface area contributed by atoms with Gasteiger partial charge in [-0.1, -0.05) is 41.0 Å². The zero-order valence-electron chi connectivity index (χ0n) is 16.6. The molecule has 1 aromatic heterocycles. The first-order chi connectivity index (χ1) is 15.1. The number of H-pyrrole nitrogens is 1. The van der Waals surface area contributed by atoms with Crippen LogP contribution in [0.1, 0.15) is 5.82 Å². The fourth-order valence-corrected chi connectivity index (χ4v) is 4.22. The van der Waals surface area contributed by atoms with Crippen molar-refractivity contribution in [3.8, 4) is 5.75 Å². The van der Waals surface area contributed by atoms with Crippen molar-refractivity contribution in [3.05, 3.63) is 64.4 Å². The third kappa shape index (κ3) is 6.06. The third-order valence-corrected chi connectivity index (χ3v) is 6.15. The number of nitrogens with one attached hydrogen (secondary N) is 1. The summed E-state index contributed by atoms with van der Waals surface area (Å²) in [6, 6.07) is 14.9. The van der Waals surface area contributed by atoms with Crippen molar-refractivity contribution >= 4 is 46.6 Å². The van der Waals surface area contributed by atoms with Crippen LogP contribution in [0, 0.1) is 0 Å². The third-order valence-electron chi connectivity index (χ3n) is 4.83. The number of piperazine rings is 1. The summed E-state index contributed by atoms with van der Waals surface area (Å²) in [5.41, 5.74) is 1.09. The maximum Gasteiger partial charge on any atom is 0.233 e. The molecule has 1 aliphatic heterocycles. The van der Waals surface area contributed by atoms with Gasteiger partial charge in [-0.15, -0.1) is 5.10 Å². The Labute approximate surface area is 194 Å². The van der Waals surface area contributed by atoms with Gasteiger partial charge in [0.1, 0.15) is 12.4 Å². The van der Waals surface area contributed by atoms with Crippen LogP contribution in [0.3, 0.4) is 0 Å². The lowest BCUT2D eigenvalue weighted by molar-refractivity contribution is -0.128. The molecule has 0 aliphatic carbocycles. The lowest BCUT2D eigenvalue weighted by Crippen LogP contribution is -2.49. The largest absolute Gasteiger partial charge is 0.486 e. The molecule has 7 nitrogen and oxygen atoms in total. The molecule has 1 aliphatic rings. The molecule has 3 aromatic rings. The first-order valence-corrected chi connectivity index (χ1v) is 11.5. The van der Waals surface area contributed by atoms with Gasteiger partial charge in [0.05, 0.1) is 5.75 Å². The van der Waals surface area contributed by atoms with Crippen molar-refractivity contribution in [1.29, 1.82) is 0 Å². The normalized spacial score (nSPS) is 14.0. The average Bonchev–Trinajstić information content (AvgIpc) is 3.25. The van der Waals surface area contributed by atoms with Crippen molar-refractivity contribution < 1.29 is 9.53 Å². The van der Waals surface area contributed by atoms with Gasteiger partial charge in [0.2, 0.25) is 11.1 Å². The molecule has 0 atom stereocenters. The number of thioether (sulfide) groups is 1. The van der Waals surface area contributed by atoms with Crippen LogP contribution in [0.4, 0.5) is 5.69 Å². The quantitative estimate of drug-likeness (QED) is 0.515. The standard InChI is InChI=1S/C21H21Cl2N5O2S/c22-15-4-6-18(7-5-15)30-13-19-24-21(26-25-19)31-14-20(29)28-10-8-27(9-11-28)17-3-1-2-16(23)12-17/h1-7,12H,8-11,13-14H2,(H,24,25,26). The number of rotatable bonds is 7. The van der Waals surface area contributed by atoms with Crippen molar-refractivity contribution in [1.82, 2.24) is 20.1 Å². The molecule has 162 valence electrons. The van der Waals surface area contributed by atoms with Gasteiger partial charge in [0.15, 0.2) is 5.82 Å². The van der Waals surface area contributed by atoms with E-state index in [1.165, 1.54) is 11.8 Å². The SMILES string of the molecule is O=C(CSc1n[nH]c(COc2ccc(Cl)cc2)n1)N1CCN(c2cccc(Cl)c2)CC1. The van der Waals surface area contributed by atoms with E-state index in [1.807, 2.05) is 29.2 Å². The van der Waals surface area contributed by atoms with Crippen LogP contribution < -0.4 is 9.64 Å². The van der Waals surface area contributed by atoms with Crippen molar-refractivity contribution in [2.24, 2.45) is 0 Å². The fraction of sp³-hybridized carbons (Fsp3) is 0.286. The number of aromatic amines is 1.